The van der Waals surface area contributed by atoms with Gasteiger partial charge in [0.25, 0.3) is 0 Å². The maximum atomic E-state index is 10.6. The zero-order valence-corrected chi connectivity index (χ0v) is 11.1. The van der Waals surface area contributed by atoms with E-state index >= 15 is 0 Å². The Morgan fingerprint density at radius 1 is 1.42 bits per heavy atom. The van der Waals surface area contributed by atoms with E-state index in [1.54, 1.807) is 10.9 Å². The van der Waals surface area contributed by atoms with Crippen LogP contribution in [0.15, 0.2) is 42.7 Å². The second-order valence-corrected chi connectivity index (χ2v) is 5.11. The standard InChI is InChI=1S/C13H15N3O2S/c14-12(13(17)18)9-19-8-10-2-4-11(5-3-10)16-7-1-6-15-16/h1-7,12H,8-9,14H2,(H,17,18). The molecule has 0 spiro atoms. The summed E-state index contributed by atoms with van der Waals surface area (Å²) in [5, 5.41) is 12.8. The molecule has 3 N–H and O–H groups in total. The highest BCUT2D eigenvalue weighted by Gasteiger charge is 2.10. The number of thioether (sulfide) groups is 1. The van der Waals surface area contributed by atoms with Crippen molar-refractivity contribution in [3.05, 3.63) is 48.3 Å². The quantitative estimate of drug-likeness (QED) is 0.836. The summed E-state index contributed by atoms with van der Waals surface area (Å²) in [5.41, 5.74) is 7.58. The Hall–Kier alpha value is -1.79. The highest BCUT2D eigenvalue weighted by atomic mass is 32.2. The Labute approximate surface area is 115 Å². The van der Waals surface area contributed by atoms with Crippen LogP contribution in [0.4, 0.5) is 0 Å². The molecule has 0 aliphatic heterocycles. The van der Waals surface area contributed by atoms with Crippen molar-refractivity contribution in [1.82, 2.24) is 9.78 Å². The molecule has 0 aliphatic carbocycles. The molecule has 6 heteroatoms. The van der Waals surface area contributed by atoms with Gasteiger partial charge in [-0.2, -0.15) is 16.9 Å². The first-order valence-electron chi connectivity index (χ1n) is 5.82. The van der Waals surface area contributed by atoms with Gasteiger partial charge in [-0.1, -0.05) is 12.1 Å². The summed E-state index contributed by atoms with van der Waals surface area (Å²) in [6.45, 7) is 0. The van der Waals surface area contributed by atoms with Crippen molar-refractivity contribution in [2.45, 2.75) is 11.8 Å². The van der Waals surface area contributed by atoms with Gasteiger partial charge in [0, 0.05) is 23.9 Å². The third kappa shape index (κ3) is 3.84. The third-order valence-electron chi connectivity index (χ3n) is 2.59. The van der Waals surface area contributed by atoms with E-state index in [0.29, 0.717) is 5.75 Å². The Morgan fingerprint density at radius 2 is 2.16 bits per heavy atom. The molecule has 2 aromatic rings. The highest BCUT2D eigenvalue weighted by molar-refractivity contribution is 7.98. The van der Waals surface area contributed by atoms with Gasteiger partial charge >= 0.3 is 5.97 Å². The van der Waals surface area contributed by atoms with Crippen LogP contribution in [0, 0.1) is 0 Å². The molecule has 0 saturated heterocycles. The molecule has 1 atom stereocenters. The monoisotopic (exact) mass is 277 g/mol. The number of nitrogens with zero attached hydrogens (tertiary/aromatic N) is 2. The average molecular weight is 277 g/mol. The van der Waals surface area contributed by atoms with Gasteiger partial charge in [0.05, 0.1) is 5.69 Å². The Morgan fingerprint density at radius 3 is 2.74 bits per heavy atom. The number of carboxylic acid groups (broad SMARTS) is 1. The smallest absolute Gasteiger partial charge is 0.321 e. The number of aliphatic carboxylic acids is 1. The van der Waals surface area contributed by atoms with Gasteiger partial charge < -0.3 is 10.8 Å². The van der Waals surface area contributed by atoms with Crippen molar-refractivity contribution in [2.24, 2.45) is 5.73 Å². The minimum Gasteiger partial charge on any atom is -0.480 e. The zero-order chi connectivity index (χ0) is 13.7. The van der Waals surface area contributed by atoms with Gasteiger partial charge in [-0.05, 0) is 23.8 Å². The van der Waals surface area contributed by atoms with Crippen LogP contribution in [0.25, 0.3) is 5.69 Å². The maximum absolute atomic E-state index is 10.6. The predicted octanol–water partition coefficient (Wildman–Crippen LogP) is 1.52. The van der Waals surface area contributed by atoms with Gasteiger partial charge in [0.1, 0.15) is 6.04 Å². The van der Waals surface area contributed by atoms with Crippen molar-refractivity contribution in [3.8, 4) is 5.69 Å². The number of benzene rings is 1. The Kier molecular flexibility index (Phi) is 4.59. The zero-order valence-electron chi connectivity index (χ0n) is 10.3. The summed E-state index contributed by atoms with van der Waals surface area (Å²) >= 11 is 1.52. The van der Waals surface area contributed by atoms with E-state index in [2.05, 4.69) is 5.10 Å². The maximum Gasteiger partial charge on any atom is 0.321 e. The summed E-state index contributed by atoms with van der Waals surface area (Å²) in [5.74, 6) is 0.206. The summed E-state index contributed by atoms with van der Waals surface area (Å²) in [4.78, 5) is 10.6. The molecule has 2 rings (SSSR count). The fourth-order valence-corrected chi connectivity index (χ4v) is 2.48. The van der Waals surface area contributed by atoms with Gasteiger partial charge in [0.2, 0.25) is 0 Å². The predicted molar refractivity (Wildman–Crippen MR) is 75.3 cm³/mol. The van der Waals surface area contributed by atoms with E-state index in [0.717, 1.165) is 17.0 Å². The molecule has 19 heavy (non-hydrogen) atoms. The van der Waals surface area contributed by atoms with E-state index in [-0.39, 0.29) is 0 Å². The number of nitrogens with two attached hydrogens (primary N) is 1. The highest BCUT2D eigenvalue weighted by Crippen LogP contribution is 2.15. The summed E-state index contributed by atoms with van der Waals surface area (Å²) in [6.07, 6.45) is 3.62. The van der Waals surface area contributed by atoms with Crippen LogP contribution >= 0.6 is 11.8 Å². The van der Waals surface area contributed by atoms with Crippen LogP contribution in [0.3, 0.4) is 0 Å². The van der Waals surface area contributed by atoms with E-state index < -0.39 is 12.0 Å². The molecule has 0 aliphatic rings. The van der Waals surface area contributed by atoms with E-state index in [1.165, 1.54) is 11.8 Å². The molecule has 0 bridgehead atoms. The van der Waals surface area contributed by atoms with Crippen molar-refractivity contribution < 1.29 is 9.90 Å². The van der Waals surface area contributed by atoms with Gasteiger partial charge in [-0.25, -0.2) is 4.68 Å². The first kappa shape index (κ1) is 13.6. The molecule has 1 aromatic carbocycles. The molecule has 100 valence electrons. The van der Waals surface area contributed by atoms with Crippen molar-refractivity contribution >= 4 is 17.7 Å². The molecular formula is C13H15N3O2S. The van der Waals surface area contributed by atoms with E-state index in [9.17, 15) is 4.79 Å². The number of carbonyl (C=O) groups is 1. The Bertz CT molecular complexity index is 525. The normalized spacial score (nSPS) is 12.3. The minimum absolute atomic E-state index is 0.413. The molecular weight excluding hydrogens is 262 g/mol. The van der Waals surface area contributed by atoms with Crippen LogP contribution in [-0.2, 0) is 10.5 Å². The molecule has 1 aromatic heterocycles. The molecule has 0 radical (unpaired) electrons. The number of hydrogen-bond donors (Lipinski definition) is 2. The Balaban J connectivity index is 1.87. The number of carboxylic acids is 1. The number of rotatable bonds is 6. The summed E-state index contributed by atoms with van der Waals surface area (Å²) in [7, 11) is 0. The topological polar surface area (TPSA) is 81.1 Å². The molecule has 0 saturated carbocycles. The molecule has 1 heterocycles. The molecule has 0 fully saturated rings. The average Bonchev–Trinajstić information content (AvgIpc) is 2.93. The summed E-state index contributed by atoms with van der Waals surface area (Å²) in [6, 6.07) is 9.07. The van der Waals surface area contributed by atoms with Crippen molar-refractivity contribution in [3.63, 3.8) is 0 Å². The van der Waals surface area contributed by atoms with Crippen LogP contribution in [0.2, 0.25) is 0 Å². The molecule has 5 nitrogen and oxygen atoms in total. The second-order valence-electron chi connectivity index (χ2n) is 4.08. The SMILES string of the molecule is NC(CSCc1ccc(-n2cccn2)cc1)C(=O)O. The number of hydrogen-bond acceptors (Lipinski definition) is 4. The second kappa shape index (κ2) is 6.40. The fourth-order valence-electron chi connectivity index (χ4n) is 1.54. The van der Waals surface area contributed by atoms with Gasteiger partial charge in [0.15, 0.2) is 0 Å². The van der Waals surface area contributed by atoms with Crippen LogP contribution < -0.4 is 5.73 Å². The van der Waals surface area contributed by atoms with Gasteiger partial charge in [-0.3, -0.25) is 4.79 Å². The first-order valence-corrected chi connectivity index (χ1v) is 6.97. The largest absolute Gasteiger partial charge is 0.480 e. The number of aromatic nitrogens is 2. The van der Waals surface area contributed by atoms with Gasteiger partial charge in [-0.15, -0.1) is 0 Å². The molecule has 1 unspecified atom stereocenters. The lowest BCUT2D eigenvalue weighted by atomic mass is 10.2. The van der Waals surface area contributed by atoms with Crippen molar-refractivity contribution in [2.75, 3.05) is 5.75 Å². The van der Waals surface area contributed by atoms with E-state index in [1.807, 2.05) is 36.5 Å². The lowest BCUT2D eigenvalue weighted by Crippen LogP contribution is -2.32. The van der Waals surface area contributed by atoms with Crippen LogP contribution in [0.5, 0.6) is 0 Å². The van der Waals surface area contributed by atoms with Crippen LogP contribution in [-0.4, -0.2) is 32.7 Å². The minimum atomic E-state index is -0.957. The third-order valence-corrected chi connectivity index (χ3v) is 3.72. The van der Waals surface area contributed by atoms with Crippen LogP contribution in [0.1, 0.15) is 5.56 Å². The van der Waals surface area contributed by atoms with E-state index in [4.69, 9.17) is 10.8 Å². The molecule has 0 amide bonds. The summed E-state index contributed by atoms with van der Waals surface area (Å²) < 4.78 is 1.79. The lowest BCUT2D eigenvalue weighted by molar-refractivity contribution is -0.137. The lowest BCUT2D eigenvalue weighted by Gasteiger charge is -2.07. The first-order chi connectivity index (χ1) is 9.16. The fraction of sp³-hybridized carbons (Fsp3) is 0.231. The van der Waals surface area contributed by atoms with Crippen molar-refractivity contribution in [1.29, 1.82) is 0 Å².